The number of esters is 1. The van der Waals surface area contributed by atoms with Gasteiger partial charge < -0.3 is 4.74 Å². The van der Waals surface area contributed by atoms with Gasteiger partial charge in [-0.05, 0) is 49.4 Å². The number of ether oxygens (including phenoxy) is 1. The number of nitrogens with zero attached hydrogens (tertiary/aromatic N) is 1. The number of aromatic amines is 1. The minimum atomic E-state index is -0.954. The quantitative estimate of drug-likeness (QED) is 0.569. The molecule has 0 fully saturated rings. The summed E-state index contributed by atoms with van der Waals surface area (Å²) >= 11 is 0. The number of hydrogen-bond donors (Lipinski definition) is 1. The van der Waals surface area contributed by atoms with Gasteiger partial charge in [0, 0.05) is 10.9 Å². The molecule has 1 heterocycles. The number of rotatable bonds is 4. The van der Waals surface area contributed by atoms with Gasteiger partial charge in [-0.25, -0.2) is 9.89 Å². The third kappa shape index (κ3) is 3.14. The van der Waals surface area contributed by atoms with Crippen LogP contribution in [0.15, 0.2) is 47.3 Å². The summed E-state index contributed by atoms with van der Waals surface area (Å²) < 4.78 is 5.35. The van der Waals surface area contributed by atoms with Crippen molar-refractivity contribution in [2.75, 3.05) is 0 Å². The third-order valence-electron chi connectivity index (χ3n) is 4.93. The summed E-state index contributed by atoms with van der Waals surface area (Å²) in [7, 11) is 0. The molecule has 6 nitrogen and oxygen atoms in total. The molecule has 1 aliphatic carbocycles. The molecule has 6 heteroatoms. The van der Waals surface area contributed by atoms with Crippen molar-refractivity contribution in [3.05, 3.63) is 75.2 Å². The number of H-pyrrole nitrogens is 1. The standard InChI is InChI=1S/C21H18N2O4/c1-12(19(24)15-10-9-13-5-4-6-14(13)11-15)27-21(26)18-16-7-2-3-8-17(16)20(25)23-22-18/h2-3,7-12H,4-6H2,1H3,(H,23,25)/t12-/m1/s1. The second-order valence-electron chi connectivity index (χ2n) is 6.70. The minimum absolute atomic E-state index is 0.0150. The van der Waals surface area contributed by atoms with Gasteiger partial charge in [0.05, 0.1) is 5.39 Å². The van der Waals surface area contributed by atoms with Crippen LogP contribution in [0.25, 0.3) is 10.8 Å². The molecule has 0 bridgehead atoms. The maximum Gasteiger partial charge on any atom is 0.360 e. The average molecular weight is 362 g/mol. The summed E-state index contributed by atoms with van der Waals surface area (Å²) in [5, 5.41) is 6.85. The molecule has 2 aromatic carbocycles. The normalized spacial score (nSPS) is 14.0. The lowest BCUT2D eigenvalue weighted by Crippen LogP contribution is -2.26. The van der Waals surface area contributed by atoms with E-state index in [1.807, 2.05) is 12.1 Å². The van der Waals surface area contributed by atoms with E-state index < -0.39 is 12.1 Å². The van der Waals surface area contributed by atoms with Crippen molar-refractivity contribution in [3.63, 3.8) is 0 Å². The summed E-state index contributed by atoms with van der Waals surface area (Å²) in [6.45, 7) is 1.54. The van der Waals surface area contributed by atoms with E-state index in [0.717, 1.165) is 19.3 Å². The largest absolute Gasteiger partial charge is 0.449 e. The molecule has 0 amide bonds. The zero-order chi connectivity index (χ0) is 19.0. The van der Waals surface area contributed by atoms with Crippen molar-refractivity contribution in [1.82, 2.24) is 10.2 Å². The summed E-state index contributed by atoms with van der Waals surface area (Å²) in [4.78, 5) is 37.1. The second-order valence-corrected chi connectivity index (χ2v) is 6.70. The fourth-order valence-corrected chi connectivity index (χ4v) is 3.50. The number of fused-ring (bicyclic) bond motifs is 2. The van der Waals surface area contributed by atoms with Crippen LogP contribution in [-0.4, -0.2) is 28.1 Å². The van der Waals surface area contributed by atoms with Gasteiger partial charge in [0.1, 0.15) is 0 Å². The molecule has 27 heavy (non-hydrogen) atoms. The highest BCUT2D eigenvalue weighted by atomic mass is 16.5. The molecule has 1 atom stereocenters. The van der Waals surface area contributed by atoms with Gasteiger partial charge in [-0.1, -0.05) is 30.3 Å². The lowest BCUT2D eigenvalue weighted by atomic mass is 10.0. The first-order valence-corrected chi connectivity index (χ1v) is 8.89. The first kappa shape index (κ1) is 17.1. The zero-order valence-corrected chi connectivity index (χ0v) is 14.8. The van der Waals surface area contributed by atoms with E-state index in [2.05, 4.69) is 10.2 Å². The molecule has 1 aromatic heterocycles. The molecule has 0 saturated heterocycles. The Morgan fingerprint density at radius 1 is 1.07 bits per heavy atom. The zero-order valence-electron chi connectivity index (χ0n) is 14.8. The smallest absolute Gasteiger partial charge is 0.360 e. The fraction of sp³-hybridized carbons (Fsp3) is 0.238. The van der Waals surface area contributed by atoms with Gasteiger partial charge in [-0.3, -0.25) is 9.59 Å². The van der Waals surface area contributed by atoms with Crippen LogP contribution in [0.1, 0.15) is 45.3 Å². The number of carbonyl (C=O) groups excluding carboxylic acids is 2. The van der Waals surface area contributed by atoms with E-state index in [0.29, 0.717) is 16.3 Å². The second kappa shape index (κ2) is 6.79. The van der Waals surface area contributed by atoms with Gasteiger partial charge in [-0.2, -0.15) is 5.10 Å². The Bertz CT molecular complexity index is 1120. The molecule has 0 saturated carbocycles. The van der Waals surface area contributed by atoms with Gasteiger partial charge in [0.25, 0.3) is 5.56 Å². The van der Waals surface area contributed by atoms with Crippen molar-refractivity contribution in [3.8, 4) is 0 Å². The molecular weight excluding hydrogens is 344 g/mol. The highest BCUT2D eigenvalue weighted by Crippen LogP contribution is 2.24. The molecule has 3 aromatic rings. The van der Waals surface area contributed by atoms with Crippen LogP contribution in [0.4, 0.5) is 0 Å². The number of aryl methyl sites for hydroxylation is 2. The SMILES string of the molecule is C[C@@H](OC(=O)c1n[nH]c(=O)c2ccccc12)C(=O)c1ccc2c(c1)CCC2. The summed E-state index contributed by atoms with van der Waals surface area (Å²) in [6.07, 6.45) is 2.16. The number of ketones is 1. The molecule has 1 aliphatic rings. The van der Waals surface area contributed by atoms with Crippen molar-refractivity contribution in [2.45, 2.75) is 32.3 Å². The minimum Gasteiger partial charge on any atom is -0.449 e. The first-order valence-electron chi connectivity index (χ1n) is 8.89. The van der Waals surface area contributed by atoms with Crippen molar-refractivity contribution >= 4 is 22.5 Å². The summed E-state index contributed by atoms with van der Waals surface area (Å²) in [5.41, 5.74) is 2.60. The topological polar surface area (TPSA) is 89.1 Å². The number of Topliss-reactive ketones (excluding diaryl/α,β-unsaturated/α-hetero) is 1. The van der Waals surface area contributed by atoms with E-state index in [9.17, 15) is 14.4 Å². The molecular formula is C21H18N2O4. The molecule has 0 unspecified atom stereocenters. The number of aromatic nitrogens is 2. The first-order chi connectivity index (χ1) is 13.0. The van der Waals surface area contributed by atoms with E-state index in [1.165, 1.54) is 11.1 Å². The van der Waals surface area contributed by atoms with Crippen LogP contribution in [0.2, 0.25) is 0 Å². The van der Waals surface area contributed by atoms with Crippen LogP contribution in [0.5, 0.6) is 0 Å². The van der Waals surface area contributed by atoms with Gasteiger partial charge in [-0.15, -0.1) is 0 Å². The lowest BCUT2D eigenvalue weighted by molar-refractivity contribution is 0.0314. The monoisotopic (exact) mass is 362 g/mol. The third-order valence-corrected chi connectivity index (χ3v) is 4.93. The van der Waals surface area contributed by atoms with Crippen LogP contribution in [-0.2, 0) is 17.6 Å². The molecule has 0 spiro atoms. The van der Waals surface area contributed by atoms with Crippen LogP contribution in [0.3, 0.4) is 0 Å². The predicted molar refractivity (Wildman–Crippen MR) is 100 cm³/mol. The fourth-order valence-electron chi connectivity index (χ4n) is 3.50. The number of hydrogen-bond acceptors (Lipinski definition) is 5. The van der Waals surface area contributed by atoms with Crippen LogP contribution >= 0.6 is 0 Å². The molecule has 0 radical (unpaired) electrons. The van der Waals surface area contributed by atoms with Gasteiger partial charge in [0.15, 0.2) is 11.8 Å². The van der Waals surface area contributed by atoms with Gasteiger partial charge >= 0.3 is 5.97 Å². The number of carbonyl (C=O) groups is 2. The summed E-state index contributed by atoms with van der Waals surface area (Å²) in [6, 6.07) is 12.3. The van der Waals surface area contributed by atoms with Crippen LogP contribution < -0.4 is 5.56 Å². The Morgan fingerprint density at radius 3 is 2.63 bits per heavy atom. The molecule has 1 N–H and O–H groups in total. The van der Waals surface area contributed by atoms with Crippen molar-refractivity contribution in [2.24, 2.45) is 0 Å². The summed E-state index contributed by atoms with van der Waals surface area (Å²) in [5.74, 6) is -1.00. The number of nitrogens with one attached hydrogen (secondary N) is 1. The van der Waals surface area contributed by atoms with Crippen LogP contribution in [0, 0.1) is 0 Å². The van der Waals surface area contributed by atoms with E-state index in [-0.39, 0.29) is 17.0 Å². The Labute approximate surface area is 155 Å². The van der Waals surface area contributed by atoms with E-state index in [4.69, 9.17) is 4.74 Å². The Morgan fingerprint density at radius 2 is 1.81 bits per heavy atom. The number of benzene rings is 2. The van der Waals surface area contributed by atoms with Crippen molar-refractivity contribution in [1.29, 1.82) is 0 Å². The van der Waals surface area contributed by atoms with Gasteiger partial charge in [0.2, 0.25) is 5.78 Å². The van der Waals surface area contributed by atoms with E-state index in [1.54, 1.807) is 37.3 Å². The lowest BCUT2D eigenvalue weighted by Gasteiger charge is -2.13. The van der Waals surface area contributed by atoms with Crippen molar-refractivity contribution < 1.29 is 14.3 Å². The Balaban J connectivity index is 1.57. The maximum atomic E-state index is 12.7. The van der Waals surface area contributed by atoms with E-state index >= 15 is 0 Å². The molecule has 136 valence electrons. The molecule has 0 aliphatic heterocycles. The maximum absolute atomic E-state index is 12.7. The average Bonchev–Trinajstić information content (AvgIpc) is 3.15. The Hall–Kier alpha value is -3.28. The predicted octanol–water partition coefficient (Wildman–Crippen LogP) is 2.84. The molecule has 4 rings (SSSR count). The highest BCUT2D eigenvalue weighted by molar-refractivity contribution is 6.05. The Kier molecular flexibility index (Phi) is 4.32. The highest BCUT2D eigenvalue weighted by Gasteiger charge is 2.24.